The quantitative estimate of drug-likeness (QED) is 0.782. The van der Waals surface area contributed by atoms with Crippen molar-refractivity contribution in [3.8, 4) is 0 Å². The van der Waals surface area contributed by atoms with E-state index in [1.165, 1.54) is 0 Å². The third-order valence-electron chi connectivity index (χ3n) is 3.14. The van der Waals surface area contributed by atoms with E-state index < -0.39 is 5.97 Å². The van der Waals surface area contributed by atoms with Crippen molar-refractivity contribution in [1.29, 1.82) is 0 Å². The molecular formula is C15H18FNO2. The number of hydrogen-bond acceptors (Lipinski definition) is 3. The number of nitrogens with zero attached hydrogens (tertiary/aromatic N) is 1. The van der Waals surface area contributed by atoms with E-state index in [1.54, 1.807) is 6.92 Å². The van der Waals surface area contributed by atoms with Gasteiger partial charge in [0.25, 0.3) is 0 Å². The van der Waals surface area contributed by atoms with Gasteiger partial charge in [-0.2, -0.15) is 0 Å². The van der Waals surface area contributed by atoms with Crippen LogP contribution >= 0.6 is 0 Å². The van der Waals surface area contributed by atoms with Crippen LogP contribution in [-0.2, 0) is 16.1 Å². The molecular weight excluding hydrogens is 245 g/mol. The SMILES string of the molecule is CCOC(=O)C1=C(F)CN(Cc2ccccc2)CC1. The van der Waals surface area contributed by atoms with Gasteiger partial charge >= 0.3 is 5.97 Å². The van der Waals surface area contributed by atoms with Crippen molar-refractivity contribution in [2.75, 3.05) is 19.7 Å². The number of benzene rings is 1. The number of carbonyl (C=O) groups is 1. The van der Waals surface area contributed by atoms with Crippen LogP contribution < -0.4 is 0 Å². The molecule has 0 saturated heterocycles. The summed E-state index contributed by atoms with van der Waals surface area (Å²) in [6.07, 6.45) is 0.414. The molecule has 0 atom stereocenters. The van der Waals surface area contributed by atoms with Crippen LogP contribution in [0.5, 0.6) is 0 Å². The highest BCUT2D eigenvalue weighted by atomic mass is 19.1. The molecule has 1 aliphatic rings. The van der Waals surface area contributed by atoms with Crippen molar-refractivity contribution in [3.63, 3.8) is 0 Å². The predicted octanol–water partition coefficient (Wildman–Crippen LogP) is 2.68. The first-order valence-electron chi connectivity index (χ1n) is 6.51. The number of rotatable bonds is 4. The van der Waals surface area contributed by atoms with Gasteiger partial charge in [0.05, 0.1) is 18.7 Å². The molecule has 0 fully saturated rings. The molecule has 0 bridgehead atoms. The largest absolute Gasteiger partial charge is 0.463 e. The summed E-state index contributed by atoms with van der Waals surface area (Å²) in [7, 11) is 0. The highest BCUT2D eigenvalue weighted by molar-refractivity contribution is 5.89. The second-order valence-electron chi connectivity index (χ2n) is 4.55. The summed E-state index contributed by atoms with van der Waals surface area (Å²) in [4.78, 5) is 13.5. The molecule has 0 aliphatic carbocycles. The van der Waals surface area contributed by atoms with Gasteiger partial charge in [-0.25, -0.2) is 9.18 Å². The summed E-state index contributed by atoms with van der Waals surface area (Å²) in [5.74, 6) is -0.875. The second-order valence-corrected chi connectivity index (χ2v) is 4.55. The van der Waals surface area contributed by atoms with Crippen molar-refractivity contribution in [3.05, 3.63) is 47.3 Å². The predicted molar refractivity (Wildman–Crippen MR) is 71.1 cm³/mol. The maximum Gasteiger partial charge on any atom is 0.336 e. The third kappa shape index (κ3) is 3.64. The van der Waals surface area contributed by atoms with E-state index in [1.807, 2.05) is 35.2 Å². The Hall–Kier alpha value is -1.68. The van der Waals surface area contributed by atoms with Gasteiger partial charge in [0.15, 0.2) is 0 Å². The fourth-order valence-electron chi connectivity index (χ4n) is 2.18. The molecule has 0 aromatic heterocycles. The average molecular weight is 263 g/mol. The zero-order valence-corrected chi connectivity index (χ0v) is 11.1. The van der Waals surface area contributed by atoms with Crippen molar-refractivity contribution in [1.82, 2.24) is 4.90 Å². The molecule has 102 valence electrons. The van der Waals surface area contributed by atoms with E-state index in [0.717, 1.165) is 5.56 Å². The molecule has 0 spiro atoms. The van der Waals surface area contributed by atoms with E-state index in [0.29, 0.717) is 19.5 Å². The third-order valence-corrected chi connectivity index (χ3v) is 3.14. The highest BCUT2D eigenvalue weighted by Gasteiger charge is 2.24. The molecule has 0 radical (unpaired) electrons. The lowest BCUT2D eigenvalue weighted by atomic mass is 10.1. The summed E-state index contributed by atoms with van der Waals surface area (Å²) in [5, 5.41) is 0. The highest BCUT2D eigenvalue weighted by Crippen LogP contribution is 2.21. The fourth-order valence-corrected chi connectivity index (χ4v) is 2.18. The van der Waals surface area contributed by atoms with Gasteiger partial charge < -0.3 is 4.74 Å². The molecule has 0 amide bonds. The summed E-state index contributed by atoms with van der Waals surface area (Å²) in [6, 6.07) is 9.93. The molecule has 0 unspecified atom stereocenters. The lowest BCUT2D eigenvalue weighted by Gasteiger charge is -2.26. The van der Waals surface area contributed by atoms with Crippen LogP contribution in [0.4, 0.5) is 4.39 Å². The molecule has 1 aromatic carbocycles. The Morgan fingerprint density at radius 3 is 2.74 bits per heavy atom. The molecule has 0 saturated carbocycles. The molecule has 4 heteroatoms. The maximum absolute atomic E-state index is 13.9. The first-order chi connectivity index (χ1) is 9.20. The second kappa shape index (κ2) is 6.48. The lowest BCUT2D eigenvalue weighted by molar-refractivity contribution is -0.139. The van der Waals surface area contributed by atoms with E-state index in [-0.39, 0.29) is 24.6 Å². The van der Waals surface area contributed by atoms with Gasteiger partial charge in [0, 0.05) is 13.1 Å². The van der Waals surface area contributed by atoms with Crippen molar-refractivity contribution >= 4 is 5.97 Å². The summed E-state index contributed by atoms with van der Waals surface area (Å²) in [6.45, 7) is 3.56. The van der Waals surface area contributed by atoms with E-state index in [9.17, 15) is 9.18 Å². The first-order valence-corrected chi connectivity index (χ1v) is 6.51. The topological polar surface area (TPSA) is 29.5 Å². The normalized spacial score (nSPS) is 16.5. The summed E-state index contributed by atoms with van der Waals surface area (Å²) >= 11 is 0. The Kier molecular flexibility index (Phi) is 4.68. The Balaban J connectivity index is 1.98. The maximum atomic E-state index is 13.9. The first kappa shape index (κ1) is 13.7. The van der Waals surface area contributed by atoms with Crippen molar-refractivity contribution in [2.24, 2.45) is 0 Å². The van der Waals surface area contributed by atoms with Crippen molar-refractivity contribution < 1.29 is 13.9 Å². The van der Waals surface area contributed by atoms with Gasteiger partial charge in [-0.05, 0) is 18.9 Å². The molecule has 2 rings (SSSR count). The van der Waals surface area contributed by atoms with E-state index in [4.69, 9.17) is 4.74 Å². The minimum atomic E-state index is -0.514. The zero-order valence-electron chi connectivity index (χ0n) is 11.1. The zero-order chi connectivity index (χ0) is 13.7. The number of halogens is 1. The minimum Gasteiger partial charge on any atom is -0.463 e. The molecule has 1 aliphatic heterocycles. The number of hydrogen-bond donors (Lipinski definition) is 0. The summed E-state index contributed by atoms with van der Waals surface area (Å²) < 4.78 is 18.8. The smallest absolute Gasteiger partial charge is 0.336 e. The molecule has 1 aromatic rings. The molecule has 3 nitrogen and oxygen atoms in total. The van der Waals surface area contributed by atoms with Crippen LogP contribution in [0.2, 0.25) is 0 Å². The standard InChI is InChI=1S/C15H18FNO2/c1-2-19-15(18)13-8-9-17(11-14(13)16)10-12-6-4-3-5-7-12/h3-7H,2,8-11H2,1H3. The van der Waals surface area contributed by atoms with Crippen LogP contribution in [-0.4, -0.2) is 30.6 Å². The van der Waals surface area contributed by atoms with Crippen LogP contribution in [0.1, 0.15) is 18.9 Å². The Bertz CT molecular complexity index is 470. The monoisotopic (exact) mass is 263 g/mol. The fraction of sp³-hybridized carbons (Fsp3) is 0.400. The Morgan fingerprint density at radius 1 is 1.37 bits per heavy atom. The lowest BCUT2D eigenvalue weighted by Crippen LogP contribution is -2.32. The Morgan fingerprint density at radius 2 is 2.11 bits per heavy atom. The average Bonchev–Trinajstić information content (AvgIpc) is 2.40. The van der Waals surface area contributed by atoms with Gasteiger partial charge in [0.1, 0.15) is 5.83 Å². The number of carbonyl (C=O) groups excluding carboxylic acids is 1. The van der Waals surface area contributed by atoms with Crippen molar-refractivity contribution in [2.45, 2.75) is 19.9 Å². The molecule has 1 heterocycles. The summed E-state index contributed by atoms with van der Waals surface area (Å²) in [5.41, 5.74) is 1.35. The minimum absolute atomic E-state index is 0.184. The van der Waals surface area contributed by atoms with E-state index in [2.05, 4.69) is 0 Å². The van der Waals surface area contributed by atoms with Gasteiger partial charge in [0.2, 0.25) is 0 Å². The van der Waals surface area contributed by atoms with Gasteiger partial charge in [-0.15, -0.1) is 0 Å². The van der Waals surface area contributed by atoms with Gasteiger partial charge in [-0.1, -0.05) is 30.3 Å². The van der Waals surface area contributed by atoms with Crippen LogP contribution in [0.3, 0.4) is 0 Å². The van der Waals surface area contributed by atoms with Crippen LogP contribution in [0, 0.1) is 0 Å². The number of ether oxygens (including phenoxy) is 1. The molecule has 19 heavy (non-hydrogen) atoms. The van der Waals surface area contributed by atoms with Crippen LogP contribution in [0.15, 0.2) is 41.7 Å². The molecule has 0 N–H and O–H groups in total. The Labute approximate surface area is 112 Å². The van der Waals surface area contributed by atoms with Gasteiger partial charge in [-0.3, -0.25) is 4.90 Å². The van der Waals surface area contributed by atoms with E-state index >= 15 is 0 Å². The number of esters is 1. The van der Waals surface area contributed by atoms with Crippen LogP contribution in [0.25, 0.3) is 0 Å².